The van der Waals surface area contributed by atoms with Crippen molar-refractivity contribution in [2.45, 2.75) is 98.0 Å². The average Bonchev–Trinajstić information content (AvgIpc) is 3.07. The van der Waals surface area contributed by atoms with Gasteiger partial charge in [0.2, 0.25) is 0 Å². The molecule has 274 valence electrons. The molecule has 1 heterocycles. The molecule has 4 aromatic carbocycles. The third kappa shape index (κ3) is 7.62. The molecule has 1 N–H and O–H groups in total. The molecule has 5 aromatic rings. The van der Waals surface area contributed by atoms with Crippen LogP contribution in [0, 0.1) is 20.8 Å². The van der Waals surface area contributed by atoms with Gasteiger partial charge >= 0.3 is 12.4 Å². The van der Waals surface area contributed by atoms with Crippen LogP contribution in [-0.2, 0) is 17.9 Å². The van der Waals surface area contributed by atoms with Gasteiger partial charge in [-0.05, 0) is 114 Å². The minimum atomic E-state index is -4.59. The van der Waals surface area contributed by atoms with Gasteiger partial charge in [-0.3, -0.25) is 0 Å². The summed E-state index contributed by atoms with van der Waals surface area (Å²) in [6.45, 7) is 18.7. The quantitative estimate of drug-likeness (QED) is 0.154. The number of alkyl halides is 6. The normalized spacial score (nSPS) is 12.7. The Morgan fingerprint density at radius 3 is 1.35 bits per heavy atom. The Morgan fingerprint density at radius 1 is 0.538 bits per heavy atom. The molecule has 52 heavy (non-hydrogen) atoms. The highest BCUT2D eigenvalue weighted by molar-refractivity contribution is 5.72. The Morgan fingerprint density at radius 2 is 0.962 bits per heavy atom. The Labute approximate surface area is 303 Å². The van der Waals surface area contributed by atoms with Gasteiger partial charge < -0.3 is 5.32 Å². The van der Waals surface area contributed by atoms with Gasteiger partial charge in [0.15, 0.2) is 0 Å². The molecule has 5 rings (SSSR count). The number of hydrogen-bond donors (Lipinski definition) is 1. The molecule has 0 amide bonds. The van der Waals surface area contributed by atoms with E-state index in [1.165, 1.54) is 29.8 Å². The smallest absolute Gasteiger partial charge is 0.366 e. The van der Waals surface area contributed by atoms with Crippen LogP contribution in [0.5, 0.6) is 0 Å². The van der Waals surface area contributed by atoms with Crippen molar-refractivity contribution >= 4 is 5.69 Å². The van der Waals surface area contributed by atoms with Crippen LogP contribution in [0.3, 0.4) is 0 Å². The SMILES string of the molecule is Cc1cc(C)c(NC(c2ccc(C(F)(F)F)cc2)(c2ccc(C(F)(F)F)cc2)c2cccc(-c3c(C(C)C)cc(C(C)C)cc3C(C)C)n2)c(C)c1. The highest BCUT2D eigenvalue weighted by Gasteiger charge is 2.41. The zero-order chi connectivity index (χ0) is 38.3. The van der Waals surface area contributed by atoms with Gasteiger partial charge in [0.1, 0.15) is 5.54 Å². The van der Waals surface area contributed by atoms with E-state index >= 15 is 0 Å². The summed E-state index contributed by atoms with van der Waals surface area (Å²) in [6.07, 6.45) is -9.18. The predicted octanol–water partition coefficient (Wildman–Crippen LogP) is 13.5. The van der Waals surface area contributed by atoms with E-state index in [0.29, 0.717) is 34.1 Å². The number of halogens is 6. The van der Waals surface area contributed by atoms with Gasteiger partial charge in [-0.25, -0.2) is 4.98 Å². The summed E-state index contributed by atoms with van der Waals surface area (Å²) in [5.41, 5.74) is 6.52. The van der Waals surface area contributed by atoms with Crippen molar-refractivity contribution in [1.29, 1.82) is 0 Å². The van der Waals surface area contributed by atoms with E-state index in [0.717, 1.165) is 57.6 Å². The van der Waals surface area contributed by atoms with Crippen molar-refractivity contribution in [2.75, 3.05) is 5.32 Å². The molecule has 0 unspecified atom stereocenters. The summed E-state index contributed by atoms with van der Waals surface area (Å²) in [4.78, 5) is 5.34. The van der Waals surface area contributed by atoms with Crippen molar-refractivity contribution in [3.05, 3.63) is 152 Å². The molecule has 0 saturated carbocycles. The third-order valence-electron chi connectivity index (χ3n) is 9.80. The molecule has 0 spiro atoms. The monoisotopic (exact) mass is 716 g/mol. The largest absolute Gasteiger partial charge is 0.416 e. The second kappa shape index (κ2) is 14.4. The van der Waals surface area contributed by atoms with Crippen molar-refractivity contribution in [3.63, 3.8) is 0 Å². The van der Waals surface area contributed by atoms with Crippen LogP contribution in [-0.4, -0.2) is 4.98 Å². The van der Waals surface area contributed by atoms with Crippen LogP contribution < -0.4 is 5.32 Å². The van der Waals surface area contributed by atoms with Crippen LogP contribution >= 0.6 is 0 Å². The van der Waals surface area contributed by atoms with Gasteiger partial charge in [-0.2, -0.15) is 26.3 Å². The summed E-state index contributed by atoms with van der Waals surface area (Å²) < 4.78 is 83.4. The molecule has 0 atom stereocenters. The maximum absolute atomic E-state index is 13.9. The summed E-state index contributed by atoms with van der Waals surface area (Å²) in [7, 11) is 0. The Balaban J connectivity index is 1.91. The van der Waals surface area contributed by atoms with E-state index < -0.39 is 29.0 Å². The number of benzene rings is 4. The maximum Gasteiger partial charge on any atom is 0.416 e. The topological polar surface area (TPSA) is 24.9 Å². The molecule has 2 nitrogen and oxygen atoms in total. The zero-order valence-corrected chi connectivity index (χ0v) is 31.1. The van der Waals surface area contributed by atoms with Crippen LogP contribution in [0.25, 0.3) is 11.3 Å². The standard InChI is InChI=1S/C44H46F6N2/c1-25(2)31-23-36(26(3)4)40(37(24-31)27(5)6)38-11-10-12-39(51-38)42(32-13-17-34(18-14-32)43(45,46)47,33-15-19-35(20-16-33)44(48,49)50)52-41-29(8)21-28(7)22-30(41)9/h10-27,52H,1-9H3. The van der Waals surface area contributed by atoms with E-state index in [4.69, 9.17) is 4.98 Å². The fraction of sp³-hybridized carbons (Fsp3) is 0.341. The van der Waals surface area contributed by atoms with Gasteiger partial charge in [0.05, 0.1) is 22.5 Å². The number of aromatic nitrogens is 1. The molecule has 0 aliphatic rings. The number of rotatable bonds is 9. The zero-order valence-electron chi connectivity index (χ0n) is 31.1. The van der Waals surface area contributed by atoms with Crippen molar-refractivity contribution in [2.24, 2.45) is 0 Å². The van der Waals surface area contributed by atoms with E-state index in [9.17, 15) is 26.3 Å². The number of anilines is 1. The summed E-state index contributed by atoms with van der Waals surface area (Å²) in [5.74, 6) is 0.574. The van der Waals surface area contributed by atoms with E-state index in [2.05, 4.69) is 59.0 Å². The van der Waals surface area contributed by atoms with Gasteiger partial charge in [0, 0.05) is 11.3 Å². The maximum atomic E-state index is 13.9. The number of aryl methyl sites for hydroxylation is 3. The van der Waals surface area contributed by atoms with E-state index in [1.54, 1.807) is 6.07 Å². The Kier molecular flexibility index (Phi) is 10.7. The van der Waals surface area contributed by atoms with Gasteiger partial charge in [-0.15, -0.1) is 0 Å². The molecule has 0 aliphatic heterocycles. The first-order valence-electron chi connectivity index (χ1n) is 17.6. The third-order valence-corrected chi connectivity index (χ3v) is 9.80. The fourth-order valence-corrected chi connectivity index (χ4v) is 7.09. The lowest BCUT2D eigenvalue weighted by molar-refractivity contribution is -0.138. The minimum absolute atomic E-state index is 0.141. The van der Waals surface area contributed by atoms with Crippen molar-refractivity contribution in [1.82, 2.24) is 4.98 Å². The predicted molar refractivity (Wildman–Crippen MR) is 199 cm³/mol. The van der Waals surface area contributed by atoms with Crippen molar-refractivity contribution in [3.8, 4) is 11.3 Å². The van der Waals surface area contributed by atoms with Crippen LogP contribution in [0.1, 0.15) is 121 Å². The number of nitrogens with one attached hydrogen (secondary N) is 1. The molecular weight excluding hydrogens is 670 g/mol. The first-order valence-corrected chi connectivity index (χ1v) is 17.6. The lowest BCUT2D eigenvalue weighted by Crippen LogP contribution is -2.39. The van der Waals surface area contributed by atoms with Crippen LogP contribution in [0.2, 0.25) is 0 Å². The molecule has 8 heteroatoms. The molecular formula is C44H46F6N2. The minimum Gasteiger partial charge on any atom is -0.366 e. The summed E-state index contributed by atoms with van der Waals surface area (Å²) in [5, 5.41) is 3.67. The number of nitrogens with zero attached hydrogens (tertiary/aromatic N) is 1. The second-order valence-corrected chi connectivity index (χ2v) is 14.7. The molecule has 0 bridgehead atoms. The van der Waals surface area contributed by atoms with Crippen LogP contribution in [0.15, 0.2) is 91.0 Å². The lowest BCUT2D eigenvalue weighted by atomic mass is 9.77. The first-order chi connectivity index (χ1) is 24.2. The highest BCUT2D eigenvalue weighted by Crippen LogP contribution is 2.45. The first kappa shape index (κ1) is 38.6. The number of hydrogen-bond acceptors (Lipinski definition) is 2. The van der Waals surface area contributed by atoms with Gasteiger partial charge in [-0.1, -0.05) is 102 Å². The molecule has 1 aromatic heterocycles. The molecule has 0 saturated heterocycles. The van der Waals surface area contributed by atoms with Gasteiger partial charge in [0.25, 0.3) is 0 Å². The Hall–Kier alpha value is -4.59. The lowest BCUT2D eigenvalue weighted by Gasteiger charge is -2.38. The van der Waals surface area contributed by atoms with E-state index in [1.807, 2.05) is 45.0 Å². The summed E-state index contributed by atoms with van der Waals surface area (Å²) >= 11 is 0. The molecule has 0 aliphatic carbocycles. The number of pyridine rings is 1. The van der Waals surface area contributed by atoms with E-state index in [-0.39, 0.29) is 11.8 Å². The summed E-state index contributed by atoms with van der Waals surface area (Å²) in [6, 6.07) is 23.6. The average molecular weight is 717 g/mol. The molecule has 0 fully saturated rings. The fourth-order valence-electron chi connectivity index (χ4n) is 7.09. The highest BCUT2D eigenvalue weighted by atomic mass is 19.4. The van der Waals surface area contributed by atoms with Crippen LogP contribution in [0.4, 0.5) is 32.0 Å². The molecule has 0 radical (unpaired) electrons. The Bertz CT molecular complexity index is 1930. The second-order valence-electron chi connectivity index (χ2n) is 14.7. The van der Waals surface area contributed by atoms with Crippen molar-refractivity contribution < 1.29 is 26.3 Å².